The van der Waals surface area contributed by atoms with Crippen LogP contribution >= 0.6 is 0 Å². The Morgan fingerprint density at radius 1 is 0.812 bits per heavy atom. The standard InChI is InChI=1S/C28H23B2NO/c29-28(30,20-9-2-1-3-10-20)21-13-14-31-25(17-21)23-12-6-11-22-24-15-18-7-4-5-8-19(18)16-26(24)32-27(22)23/h4-8,11-17,20H,1-3,9-10H2. The first-order valence-corrected chi connectivity index (χ1v) is 11.5. The van der Waals surface area contributed by atoms with Gasteiger partial charge < -0.3 is 4.42 Å². The molecule has 4 heteroatoms. The molecule has 1 fully saturated rings. The van der Waals surface area contributed by atoms with E-state index in [4.69, 9.17) is 20.1 Å². The number of benzene rings is 3. The molecule has 0 spiro atoms. The molecule has 0 amide bonds. The quantitative estimate of drug-likeness (QED) is 0.303. The molecule has 0 bridgehead atoms. The third-order valence-corrected chi connectivity index (χ3v) is 7.18. The fraction of sp³-hybridized carbons (Fsp3) is 0.250. The first-order chi connectivity index (χ1) is 15.6. The van der Waals surface area contributed by atoms with Crippen molar-refractivity contribution in [1.29, 1.82) is 0 Å². The largest absolute Gasteiger partial charge is 0.455 e. The second kappa shape index (κ2) is 7.55. The van der Waals surface area contributed by atoms with Gasteiger partial charge in [-0.3, -0.25) is 4.98 Å². The van der Waals surface area contributed by atoms with Gasteiger partial charge in [0, 0.05) is 22.5 Å². The second-order valence-corrected chi connectivity index (χ2v) is 9.18. The van der Waals surface area contributed by atoms with Crippen LogP contribution < -0.4 is 0 Å². The lowest BCUT2D eigenvalue weighted by Crippen LogP contribution is -2.37. The summed E-state index contributed by atoms with van der Waals surface area (Å²) in [5, 5.41) is 3.74. The van der Waals surface area contributed by atoms with E-state index in [1.54, 1.807) is 0 Å². The molecule has 152 valence electrons. The fourth-order valence-corrected chi connectivity index (χ4v) is 5.35. The molecule has 5 aromatic rings. The van der Waals surface area contributed by atoms with E-state index in [2.05, 4.69) is 59.6 Å². The van der Waals surface area contributed by atoms with Crippen LogP contribution in [-0.2, 0) is 5.21 Å². The van der Waals surface area contributed by atoms with E-state index in [1.165, 1.54) is 30.0 Å². The van der Waals surface area contributed by atoms with E-state index >= 15 is 0 Å². The summed E-state index contributed by atoms with van der Waals surface area (Å²) in [4.78, 5) is 4.67. The zero-order chi connectivity index (χ0) is 21.7. The van der Waals surface area contributed by atoms with Crippen molar-refractivity contribution in [3.8, 4) is 11.3 Å². The molecular formula is C28H23B2NO. The van der Waals surface area contributed by atoms with Crippen molar-refractivity contribution in [2.24, 2.45) is 5.92 Å². The first kappa shape index (κ1) is 19.7. The summed E-state index contributed by atoms with van der Waals surface area (Å²) in [7, 11) is 13.4. The summed E-state index contributed by atoms with van der Waals surface area (Å²) >= 11 is 0. The molecule has 6 rings (SSSR count). The molecule has 0 aliphatic heterocycles. The highest BCUT2D eigenvalue weighted by molar-refractivity contribution is 6.40. The molecular weight excluding hydrogens is 388 g/mol. The summed E-state index contributed by atoms with van der Waals surface area (Å²) < 4.78 is 6.39. The van der Waals surface area contributed by atoms with Crippen LogP contribution in [-0.4, -0.2) is 20.7 Å². The van der Waals surface area contributed by atoms with Crippen LogP contribution in [0.4, 0.5) is 0 Å². The van der Waals surface area contributed by atoms with Crippen molar-refractivity contribution in [3.05, 3.63) is 78.5 Å². The van der Waals surface area contributed by atoms with Gasteiger partial charge >= 0.3 is 0 Å². The Labute approximate surface area is 190 Å². The van der Waals surface area contributed by atoms with Crippen LogP contribution in [0.5, 0.6) is 0 Å². The van der Waals surface area contributed by atoms with Crippen molar-refractivity contribution in [2.75, 3.05) is 0 Å². The van der Waals surface area contributed by atoms with Crippen LogP contribution in [0, 0.1) is 5.92 Å². The Balaban J connectivity index is 1.49. The highest BCUT2D eigenvalue weighted by Crippen LogP contribution is 2.40. The Kier molecular flexibility index (Phi) is 4.64. The van der Waals surface area contributed by atoms with Gasteiger partial charge in [0.25, 0.3) is 0 Å². The zero-order valence-electron chi connectivity index (χ0n) is 18.1. The van der Waals surface area contributed by atoms with Crippen LogP contribution in [0.15, 0.2) is 77.3 Å². The zero-order valence-corrected chi connectivity index (χ0v) is 18.1. The van der Waals surface area contributed by atoms with Gasteiger partial charge in [-0.2, -0.15) is 0 Å². The number of para-hydroxylation sites is 1. The number of rotatable bonds is 3. The highest BCUT2D eigenvalue weighted by Gasteiger charge is 2.31. The van der Waals surface area contributed by atoms with E-state index in [-0.39, 0.29) is 0 Å². The molecule has 0 unspecified atom stereocenters. The summed E-state index contributed by atoms with van der Waals surface area (Å²) in [5.74, 6) is 0.293. The lowest BCUT2D eigenvalue weighted by molar-refractivity contribution is 0.327. The first-order valence-electron chi connectivity index (χ1n) is 11.5. The molecule has 2 nitrogen and oxygen atoms in total. The van der Waals surface area contributed by atoms with Crippen molar-refractivity contribution < 1.29 is 4.42 Å². The molecule has 1 aliphatic carbocycles. The monoisotopic (exact) mass is 411 g/mol. The number of fused-ring (bicyclic) bond motifs is 4. The second-order valence-electron chi connectivity index (χ2n) is 9.18. The van der Waals surface area contributed by atoms with Crippen LogP contribution in [0.3, 0.4) is 0 Å². The molecule has 0 N–H and O–H groups in total. The molecule has 3 aromatic carbocycles. The van der Waals surface area contributed by atoms with Gasteiger partial charge in [-0.25, -0.2) is 0 Å². The van der Waals surface area contributed by atoms with Gasteiger partial charge in [0.15, 0.2) is 0 Å². The smallest absolute Gasteiger partial charge is 0.144 e. The lowest BCUT2D eigenvalue weighted by atomic mass is 9.43. The maximum atomic E-state index is 6.72. The number of pyridine rings is 1. The fourth-order valence-electron chi connectivity index (χ4n) is 5.35. The molecule has 0 saturated heterocycles. The van der Waals surface area contributed by atoms with E-state index in [1.807, 2.05) is 18.3 Å². The maximum absolute atomic E-state index is 6.72. The van der Waals surface area contributed by atoms with E-state index in [9.17, 15) is 0 Å². The lowest BCUT2D eigenvalue weighted by Gasteiger charge is -2.38. The number of nitrogens with zero attached hydrogens (tertiary/aromatic N) is 1. The summed E-state index contributed by atoms with van der Waals surface area (Å²) in [5.41, 5.74) is 4.47. The average molecular weight is 411 g/mol. The van der Waals surface area contributed by atoms with Crippen molar-refractivity contribution >= 4 is 48.4 Å². The van der Waals surface area contributed by atoms with E-state index in [0.29, 0.717) is 5.92 Å². The minimum atomic E-state index is -0.850. The van der Waals surface area contributed by atoms with Crippen molar-refractivity contribution in [3.63, 3.8) is 0 Å². The number of furan rings is 1. The van der Waals surface area contributed by atoms with Crippen LogP contribution in [0.2, 0.25) is 0 Å². The average Bonchev–Trinajstić information content (AvgIpc) is 3.20. The third-order valence-electron chi connectivity index (χ3n) is 7.18. The SMILES string of the molecule is [B]C([B])(c1ccnc(-c2cccc3c2oc2cc4ccccc4cc23)c1)C1CCCCC1. The Bertz CT molecular complexity index is 1450. The maximum Gasteiger partial charge on any atom is 0.144 e. The minimum Gasteiger partial charge on any atom is -0.455 e. The highest BCUT2D eigenvalue weighted by atomic mass is 16.3. The van der Waals surface area contributed by atoms with Crippen LogP contribution in [0.25, 0.3) is 44.0 Å². The summed E-state index contributed by atoms with van der Waals surface area (Å²) in [6, 6.07) is 22.9. The normalized spacial score (nSPS) is 15.6. The Hall–Kier alpha value is -3.00. The van der Waals surface area contributed by atoms with E-state index in [0.717, 1.165) is 51.6 Å². The summed E-state index contributed by atoms with van der Waals surface area (Å²) in [6.07, 6.45) is 7.65. The molecule has 4 radical (unpaired) electrons. The van der Waals surface area contributed by atoms with Crippen molar-refractivity contribution in [2.45, 2.75) is 37.3 Å². The predicted molar refractivity (Wildman–Crippen MR) is 134 cm³/mol. The molecule has 1 saturated carbocycles. The molecule has 2 aromatic heterocycles. The van der Waals surface area contributed by atoms with Crippen molar-refractivity contribution in [1.82, 2.24) is 4.98 Å². The van der Waals surface area contributed by atoms with Gasteiger partial charge in [-0.1, -0.05) is 79.3 Å². The Morgan fingerprint density at radius 3 is 2.41 bits per heavy atom. The predicted octanol–water partition coefficient (Wildman–Crippen LogP) is 6.87. The van der Waals surface area contributed by atoms with Gasteiger partial charge in [-0.15, -0.1) is 0 Å². The number of hydrogen-bond acceptors (Lipinski definition) is 2. The minimum absolute atomic E-state index is 0.293. The number of hydrogen-bond donors (Lipinski definition) is 0. The molecule has 0 atom stereocenters. The molecule has 1 aliphatic rings. The Morgan fingerprint density at radius 2 is 1.59 bits per heavy atom. The van der Waals surface area contributed by atoms with Gasteiger partial charge in [-0.05, 0) is 47.0 Å². The van der Waals surface area contributed by atoms with E-state index < -0.39 is 5.21 Å². The third kappa shape index (κ3) is 3.16. The van der Waals surface area contributed by atoms with Gasteiger partial charge in [0.05, 0.1) is 21.4 Å². The van der Waals surface area contributed by atoms with Gasteiger partial charge in [0.2, 0.25) is 0 Å². The molecule has 2 heterocycles. The van der Waals surface area contributed by atoms with Crippen LogP contribution in [0.1, 0.15) is 37.7 Å². The van der Waals surface area contributed by atoms with Gasteiger partial charge in [0.1, 0.15) is 11.2 Å². The topological polar surface area (TPSA) is 26.0 Å². The number of aromatic nitrogens is 1. The molecule has 32 heavy (non-hydrogen) atoms. The summed E-state index contributed by atoms with van der Waals surface area (Å²) in [6.45, 7) is 0.